The minimum atomic E-state index is -0.170. The van der Waals surface area contributed by atoms with E-state index >= 15 is 0 Å². The summed E-state index contributed by atoms with van der Waals surface area (Å²) >= 11 is 3.68. The predicted molar refractivity (Wildman–Crippen MR) is 103 cm³/mol. The van der Waals surface area contributed by atoms with Crippen molar-refractivity contribution in [1.82, 2.24) is 4.31 Å². The molecule has 2 aliphatic rings. The molecule has 24 heavy (non-hydrogen) atoms. The number of hydrogen-bond acceptors (Lipinski definition) is 5. The average Bonchev–Trinajstić information content (AvgIpc) is 2.59. The van der Waals surface area contributed by atoms with Crippen LogP contribution in [0.15, 0.2) is 52.3 Å². The molecule has 5 heteroatoms. The van der Waals surface area contributed by atoms with Gasteiger partial charge >= 0.3 is 0 Å². The lowest BCUT2D eigenvalue weighted by atomic mass is 10.1. The van der Waals surface area contributed by atoms with E-state index in [-0.39, 0.29) is 6.10 Å². The molecule has 0 radical (unpaired) electrons. The van der Waals surface area contributed by atoms with E-state index in [1.165, 1.54) is 26.7 Å². The van der Waals surface area contributed by atoms with Crippen LogP contribution >= 0.6 is 23.7 Å². The van der Waals surface area contributed by atoms with Crippen LogP contribution in [0, 0.1) is 0 Å². The number of anilines is 2. The summed E-state index contributed by atoms with van der Waals surface area (Å²) in [6.45, 7) is 4.09. The number of nitrogens with zero attached hydrogens (tertiary/aromatic N) is 1. The number of hydrogen-bond donors (Lipinski definition) is 2. The lowest BCUT2D eigenvalue weighted by Crippen LogP contribution is -2.34. The highest BCUT2D eigenvalue weighted by Gasteiger charge is 2.22. The van der Waals surface area contributed by atoms with Crippen LogP contribution in [0.1, 0.15) is 30.6 Å². The molecular formula is C19H22N2OS2. The van der Waals surface area contributed by atoms with E-state index in [0.29, 0.717) is 5.25 Å². The molecule has 2 heterocycles. The van der Waals surface area contributed by atoms with Crippen LogP contribution in [-0.2, 0) is 0 Å². The summed E-state index contributed by atoms with van der Waals surface area (Å²) in [5.41, 5.74) is 3.71. The lowest BCUT2D eigenvalue weighted by Gasteiger charge is -2.31. The first-order chi connectivity index (χ1) is 11.7. The van der Waals surface area contributed by atoms with E-state index in [4.69, 9.17) is 0 Å². The molecule has 2 atom stereocenters. The van der Waals surface area contributed by atoms with Gasteiger partial charge in [0.05, 0.1) is 17.5 Å². The van der Waals surface area contributed by atoms with E-state index in [9.17, 15) is 5.11 Å². The maximum atomic E-state index is 9.85. The summed E-state index contributed by atoms with van der Waals surface area (Å²) in [5, 5.41) is 13.8. The number of β-amino-alcohol motifs (C(OH)–C–C–N with tert-alkyl or cyclic N) is 1. The van der Waals surface area contributed by atoms with E-state index < -0.39 is 0 Å². The number of para-hydroxylation sites is 1. The number of benzene rings is 2. The molecule has 1 saturated heterocycles. The van der Waals surface area contributed by atoms with Crippen LogP contribution < -0.4 is 5.32 Å². The van der Waals surface area contributed by atoms with E-state index in [2.05, 4.69) is 59.0 Å². The van der Waals surface area contributed by atoms with Crippen molar-refractivity contribution in [2.75, 3.05) is 18.4 Å². The molecule has 2 aromatic rings. The summed E-state index contributed by atoms with van der Waals surface area (Å²) in [7, 11) is 0. The van der Waals surface area contributed by atoms with Crippen molar-refractivity contribution in [3.63, 3.8) is 0 Å². The predicted octanol–water partition coefficient (Wildman–Crippen LogP) is 5.06. The fourth-order valence-corrected chi connectivity index (χ4v) is 5.39. The Morgan fingerprint density at radius 2 is 2.04 bits per heavy atom. The molecule has 0 aliphatic carbocycles. The van der Waals surface area contributed by atoms with Crippen LogP contribution in [0.25, 0.3) is 0 Å². The number of piperidine rings is 1. The first kappa shape index (κ1) is 16.3. The molecule has 0 bridgehead atoms. The van der Waals surface area contributed by atoms with Gasteiger partial charge in [-0.2, -0.15) is 0 Å². The van der Waals surface area contributed by atoms with Crippen LogP contribution in [-0.4, -0.2) is 28.6 Å². The zero-order chi connectivity index (χ0) is 16.5. The normalized spacial score (nSPS) is 21.5. The molecular weight excluding hydrogens is 336 g/mol. The average molecular weight is 359 g/mol. The molecule has 3 nitrogen and oxygen atoms in total. The molecule has 1 fully saturated rings. The third-order valence-electron chi connectivity index (χ3n) is 4.52. The Bertz CT molecular complexity index is 737. The standard InChI is InChI=1S/C19H22N2OS2/c1-13(24-21-10-4-5-15(22)12-21)14-8-9-19-17(11-14)20-16-6-2-3-7-18(16)23-19/h2-3,6-9,11,13,15,20,22H,4-5,10,12H2,1H3. The Morgan fingerprint density at radius 3 is 2.92 bits per heavy atom. The number of aliphatic hydroxyl groups excluding tert-OH is 1. The van der Waals surface area contributed by atoms with Crippen LogP contribution in [0.3, 0.4) is 0 Å². The quantitative estimate of drug-likeness (QED) is 0.640. The van der Waals surface area contributed by atoms with Gasteiger partial charge in [-0.3, -0.25) is 0 Å². The molecule has 0 aromatic heterocycles. The molecule has 126 valence electrons. The monoisotopic (exact) mass is 358 g/mol. The van der Waals surface area contributed by atoms with Gasteiger partial charge in [0.1, 0.15) is 0 Å². The molecule has 2 aromatic carbocycles. The van der Waals surface area contributed by atoms with E-state index in [1.807, 2.05) is 23.7 Å². The van der Waals surface area contributed by atoms with Gasteiger partial charge in [0.15, 0.2) is 0 Å². The van der Waals surface area contributed by atoms with Gasteiger partial charge in [-0.25, -0.2) is 4.31 Å². The molecule has 0 saturated carbocycles. The van der Waals surface area contributed by atoms with Crippen molar-refractivity contribution >= 4 is 35.1 Å². The Hall–Kier alpha value is -1.14. The summed E-state index contributed by atoms with van der Waals surface area (Å²) in [6, 6.07) is 15.2. The Morgan fingerprint density at radius 1 is 1.21 bits per heavy atom. The third kappa shape index (κ3) is 3.45. The van der Waals surface area contributed by atoms with Crippen molar-refractivity contribution in [3.8, 4) is 0 Å². The second kappa shape index (κ2) is 7.00. The van der Waals surface area contributed by atoms with Gasteiger partial charge in [-0.15, -0.1) is 0 Å². The van der Waals surface area contributed by atoms with Crippen LogP contribution in [0.2, 0.25) is 0 Å². The van der Waals surface area contributed by atoms with Crippen molar-refractivity contribution in [3.05, 3.63) is 48.0 Å². The van der Waals surface area contributed by atoms with E-state index in [0.717, 1.165) is 25.9 Å². The molecule has 0 spiro atoms. The number of rotatable bonds is 3. The molecule has 4 rings (SSSR count). The summed E-state index contributed by atoms with van der Waals surface area (Å²) in [6.07, 6.45) is 1.85. The lowest BCUT2D eigenvalue weighted by molar-refractivity contribution is 0.112. The van der Waals surface area contributed by atoms with Crippen LogP contribution in [0.4, 0.5) is 11.4 Å². The largest absolute Gasteiger partial charge is 0.392 e. The number of nitrogens with one attached hydrogen (secondary N) is 1. The van der Waals surface area contributed by atoms with Crippen molar-refractivity contribution < 1.29 is 5.11 Å². The number of fused-ring (bicyclic) bond motifs is 2. The Kier molecular flexibility index (Phi) is 4.77. The minimum Gasteiger partial charge on any atom is -0.392 e. The van der Waals surface area contributed by atoms with Gasteiger partial charge in [0, 0.05) is 28.1 Å². The van der Waals surface area contributed by atoms with Gasteiger partial charge in [0.2, 0.25) is 0 Å². The molecule has 2 unspecified atom stereocenters. The van der Waals surface area contributed by atoms with Gasteiger partial charge in [-0.1, -0.05) is 41.9 Å². The Balaban J connectivity index is 1.49. The van der Waals surface area contributed by atoms with Gasteiger partial charge < -0.3 is 10.4 Å². The maximum absolute atomic E-state index is 9.85. The highest BCUT2D eigenvalue weighted by atomic mass is 32.2. The fraction of sp³-hybridized carbons (Fsp3) is 0.368. The zero-order valence-corrected chi connectivity index (χ0v) is 15.4. The topological polar surface area (TPSA) is 35.5 Å². The highest BCUT2D eigenvalue weighted by molar-refractivity contribution is 7.99. The second-order valence-corrected chi connectivity index (χ2v) is 8.93. The summed E-state index contributed by atoms with van der Waals surface area (Å²) < 4.78 is 2.32. The molecule has 2 N–H and O–H groups in total. The first-order valence-electron chi connectivity index (χ1n) is 8.47. The molecule has 0 amide bonds. The highest BCUT2D eigenvalue weighted by Crippen LogP contribution is 2.45. The van der Waals surface area contributed by atoms with Crippen molar-refractivity contribution in [2.24, 2.45) is 0 Å². The van der Waals surface area contributed by atoms with Crippen molar-refractivity contribution in [1.29, 1.82) is 0 Å². The van der Waals surface area contributed by atoms with Gasteiger partial charge in [-0.05, 0) is 49.6 Å². The second-order valence-electron chi connectivity index (χ2n) is 6.41. The Labute approximate surface area is 152 Å². The molecule has 2 aliphatic heterocycles. The SMILES string of the molecule is CC(SN1CCCC(O)C1)c1ccc2c(c1)Nc1ccccc1S2. The number of aliphatic hydroxyl groups is 1. The smallest absolute Gasteiger partial charge is 0.0677 e. The fourth-order valence-electron chi connectivity index (χ4n) is 3.21. The van der Waals surface area contributed by atoms with Crippen molar-refractivity contribution in [2.45, 2.75) is 40.9 Å². The van der Waals surface area contributed by atoms with Crippen LogP contribution in [0.5, 0.6) is 0 Å². The van der Waals surface area contributed by atoms with E-state index in [1.54, 1.807) is 0 Å². The summed E-state index contributed by atoms with van der Waals surface area (Å²) in [4.78, 5) is 2.56. The minimum absolute atomic E-state index is 0.170. The maximum Gasteiger partial charge on any atom is 0.0677 e. The third-order valence-corrected chi connectivity index (χ3v) is 6.89. The first-order valence-corrected chi connectivity index (χ1v) is 10.1. The zero-order valence-electron chi connectivity index (χ0n) is 13.7. The van der Waals surface area contributed by atoms with Gasteiger partial charge in [0.25, 0.3) is 0 Å². The summed E-state index contributed by atoms with van der Waals surface area (Å²) in [5.74, 6) is 0.